The van der Waals surface area contributed by atoms with Gasteiger partial charge in [0.05, 0.1) is 16.8 Å². The molecule has 3 heteroatoms. The highest BCUT2D eigenvalue weighted by Gasteiger charge is 2.31. The van der Waals surface area contributed by atoms with Crippen LogP contribution < -0.4 is 4.90 Å². The molecule has 0 radical (unpaired) electrons. The van der Waals surface area contributed by atoms with Gasteiger partial charge in [0.2, 0.25) is 0 Å². The van der Waals surface area contributed by atoms with Gasteiger partial charge in [0, 0.05) is 13.1 Å². The lowest BCUT2D eigenvalue weighted by molar-refractivity contribution is 0.199. The number of halogens is 1. The Morgan fingerprint density at radius 3 is 2.47 bits per heavy atom. The van der Waals surface area contributed by atoms with Crippen LogP contribution in [0, 0.1) is 5.92 Å². The summed E-state index contributed by atoms with van der Waals surface area (Å²) in [6, 6.07) is 6.34. The van der Waals surface area contributed by atoms with E-state index in [0.29, 0.717) is 6.04 Å². The van der Waals surface area contributed by atoms with Crippen LogP contribution in [0.4, 0.5) is 5.69 Å². The number of aliphatic hydroxyl groups is 1. The molecule has 17 heavy (non-hydrogen) atoms. The van der Waals surface area contributed by atoms with Crippen molar-refractivity contribution < 1.29 is 5.11 Å². The minimum atomic E-state index is -0.465. The zero-order chi connectivity index (χ0) is 12.6. The molecule has 0 amide bonds. The van der Waals surface area contributed by atoms with Crippen molar-refractivity contribution in [3.8, 4) is 0 Å². The van der Waals surface area contributed by atoms with Crippen molar-refractivity contribution in [2.75, 3.05) is 11.9 Å². The maximum atomic E-state index is 9.51. The number of benzene rings is 1. The summed E-state index contributed by atoms with van der Waals surface area (Å²) < 4.78 is 0. The van der Waals surface area contributed by atoms with Gasteiger partial charge >= 0.3 is 0 Å². The molecule has 1 aromatic carbocycles. The van der Waals surface area contributed by atoms with Crippen LogP contribution in [-0.2, 0) is 0 Å². The number of aliphatic hydroxyl groups excluding tert-OH is 1. The lowest BCUT2D eigenvalue weighted by atomic mass is 10.1. The molecule has 2 nitrogen and oxygen atoms in total. The maximum absolute atomic E-state index is 9.51. The predicted molar refractivity (Wildman–Crippen MR) is 72.7 cm³/mol. The summed E-state index contributed by atoms with van der Waals surface area (Å²) in [4.78, 5) is 2.24. The Bertz CT molecular complexity index is 401. The van der Waals surface area contributed by atoms with E-state index in [0.717, 1.165) is 22.2 Å². The molecule has 1 N–H and O–H groups in total. The minimum Gasteiger partial charge on any atom is -0.389 e. The monoisotopic (exact) mass is 253 g/mol. The molecule has 1 aliphatic rings. The van der Waals surface area contributed by atoms with Gasteiger partial charge in [0.1, 0.15) is 0 Å². The van der Waals surface area contributed by atoms with Crippen molar-refractivity contribution in [2.45, 2.75) is 38.8 Å². The van der Waals surface area contributed by atoms with E-state index in [-0.39, 0.29) is 0 Å². The van der Waals surface area contributed by atoms with Crippen LogP contribution in [-0.4, -0.2) is 18.2 Å². The van der Waals surface area contributed by atoms with E-state index < -0.39 is 6.10 Å². The van der Waals surface area contributed by atoms with Gasteiger partial charge in [-0.15, -0.1) is 0 Å². The second-order valence-corrected chi connectivity index (χ2v) is 5.48. The highest BCUT2D eigenvalue weighted by atomic mass is 35.5. The van der Waals surface area contributed by atoms with E-state index in [1.165, 1.54) is 12.8 Å². The van der Waals surface area contributed by atoms with Crippen molar-refractivity contribution >= 4 is 17.3 Å². The molecule has 0 spiro atoms. The molecule has 2 atom stereocenters. The predicted octanol–water partition coefficient (Wildman–Crippen LogP) is 3.63. The van der Waals surface area contributed by atoms with Crippen LogP contribution >= 0.6 is 11.6 Å². The van der Waals surface area contributed by atoms with Crippen molar-refractivity contribution in [1.82, 2.24) is 0 Å². The molecule has 2 rings (SSSR count). The van der Waals surface area contributed by atoms with E-state index in [4.69, 9.17) is 11.6 Å². The first-order chi connectivity index (χ1) is 8.00. The van der Waals surface area contributed by atoms with E-state index >= 15 is 0 Å². The molecule has 1 unspecified atom stereocenters. The van der Waals surface area contributed by atoms with Crippen molar-refractivity contribution in [3.05, 3.63) is 28.8 Å². The Labute approximate surface area is 108 Å². The topological polar surface area (TPSA) is 23.5 Å². The molecule has 1 fully saturated rings. The molecule has 1 saturated carbocycles. The first kappa shape index (κ1) is 12.7. The van der Waals surface area contributed by atoms with Gasteiger partial charge in [-0.25, -0.2) is 0 Å². The molecular formula is C14H20ClNO. The summed E-state index contributed by atoms with van der Waals surface area (Å²) in [6.45, 7) is 4.00. The lowest BCUT2D eigenvalue weighted by Gasteiger charge is -2.28. The fraction of sp³-hybridized carbons (Fsp3) is 0.571. The Morgan fingerprint density at radius 1 is 1.35 bits per heavy atom. The molecular weight excluding hydrogens is 234 g/mol. The third-order valence-electron chi connectivity index (χ3n) is 3.75. The summed E-state index contributed by atoms with van der Waals surface area (Å²) in [5.74, 6) is 0.813. The highest BCUT2D eigenvalue weighted by Crippen LogP contribution is 2.38. The van der Waals surface area contributed by atoms with Crippen LogP contribution in [0.3, 0.4) is 0 Å². The largest absolute Gasteiger partial charge is 0.389 e. The van der Waals surface area contributed by atoms with E-state index in [1.807, 2.05) is 18.2 Å². The SMILES string of the molecule is CC(C1CC1)N(C)c1ccc([C@@H](C)O)cc1Cl. The van der Waals surface area contributed by atoms with E-state index in [9.17, 15) is 5.11 Å². The van der Waals surface area contributed by atoms with Gasteiger partial charge in [-0.3, -0.25) is 0 Å². The molecule has 0 aliphatic heterocycles. The van der Waals surface area contributed by atoms with Crippen LogP contribution in [0.5, 0.6) is 0 Å². The third-order valence-corrected chi connectivity index (χ3v) is 4.05. The summed E-state index contributed by atoms with van der Waals surface area (Å²) in [6.07, 6.45) is 2.19. The zero-order valence-electron chi connectivity index (χ0n) is 10.7. The summed E-state index contributed by atoms with van der Waals surface area (Å²) in [7, 11) is 2.09. The number of hydrogen-bond donors (Lipinski definition) is 1. The summed E-state index contributed by atoms with van der Waals surface area (Å²) in [5.41, 5.74) is 1.92. The van der Waals surface area contributed by atoms with Gasteiger partial charge in [-0.05, 0) is 50.3 Å². The molecule has 0 aromatic heterocycles. The van der Waals surface area contributed by atoms with Crippen LogP contribution in [0.1, 0.15) is 38.4 Å². The first-order valence-electron chi connectivity index (χ1n) is 6.21. The Kier molecular flexibility index (Phi) is 3.64. The molecule has 0 bridgehead atoms. The number of hydrogen-bond acceptors (Lipinski definition) is 2. The van der Waals surface area contributed by atoms with Crippen molar-refractivity contribution in [3.63, 3.8) is 0 Å². The number of anilines is 1. The Hall–Kier alpha value is -0.730. The van der Waals surface area contributed by atoms with Crippen LogP contribution in [0.15, 0.2) is 18.2 Å². The normalized spacial score (nSPS) is 18.9. The van der Waals surface area contributed by atoms with Gasteiger partial charge in [0.25, 0.3) is 0 Å². The smallest absolute Gasteiger partial charge is 0.0762 e. The standard InChI is InChI=1S/C14H20ClNO/c1-9(11-4-5-11)16(3)14-7-6-12(10(2)17)8-13(14)15/h6-11,17H,4-5H2,1-3H3/t9?,10-/m1/s1. The van der Waals surface area contributed by atoms with E-state index in [1.54, 1.807) is 6.92 Å². The fourth-order valence-electron chi connectivity index (χ4n) is 2.18. The fourth-order valence-corrected chi connectivity index (χ4v) is 2.51. The lowest BCUT2D eigenvalue weighted by Crippen LogP contribution is -2.30. The minimum absolute atomic E-state index is 0.465. The summed E-state index contributed by atoms with van der Waals surface area (Å²) in [5, 5.41) is 10.2. The Morgan fingerprint density at radius 2 is 2.00 bits per heavy atom. The van der Waals surface area contributed by atoms with Gasteiger partial charge in [0.15, 0.2) is 0 Å². The second-order valence-electron chi connectivity index (χ2n) is 5.08. The first-order valence-corrected chi connectivity index (χ1v) is 6.59. The van der Waals surface area contributed by atoms with Crippen molar-refractivity contribution in [1.29, 1.82) is 0 Å². The van der Waals surface area contributed by atoms with Gasteiger partial charge < -0.3 is 10.0 Å². The molecule has 0 heterocycles. The average Bonchev–Trinajstić information content (AvgIpc) is 3.10. The maximum Gasteiger partial charge on any atom is 0.0762 e. The second kappa shape index (κ2) is 4.87. The van der Waals surface area contributed by atoms with Crippen molar-refractivity contribution in [2.24, 2.45) is 5.92 Å². The van der Waals surface area contributed by atoms with Crippen LogP contribution in [0.2, 0.25) is 5.02 Å². The average molecular weight is 254 g/mol. The summed E-state index contributed by atoms with van der Waals surface area (Å²) >= 11 is 6.28. The Balaban J connectivity index is 2.20. The van der Waals surface area contributed by atoms with Gasteiger partial charge in [-0.2, -0.15) is 0 Å². The molecule has 94 valence electrons. The number of nitrogens with zero attached hydrogens (tertiary/aromatic N) is 1. The molecule has 0 saturated heterocycles. The van der Waals surface area contributed by atoms with Crippen LogP contribution in [0.25, 0.3) is 0 Å². The van der Waals surface area contributed by atoms with Gasteiger partial charge in [-0.1, -0.05) is 17.7 Å². The third kappa shape index (κ3) is 2.75. The molecule has 1 aliphatic carbocycles. The quantitative estimate of drug-likeness (QED) is 0.886. The number of rotatable bonds is 4. The molecule has 1 aromatic rings. The van der Waals surface area contributed by atoms with E-state index in [2.05, 4.69) is 18.9 Å². The zero-order valence-corrected chi connectivity index (χ0v) is 11.4. The highest BCUT2D eigenvalue weighted by molar-refractivity contribution is 6.33.